The van der Waals surface area contributed by atoms with Crippen molar-refractivity contribution in [2.75, 3.05) is 31.1 Å². The molecule has 140 valence electrons. The van der Waals surface area contributed by atoms with Crippen molar-refractivity contribution in [3.8, 4) is 0 Å². The van der Waals surface area contributed by atoms with Gasteiger partial charge in [0.25, 0.3) is 5.91 Å². The lowest BCUT2D eigenvalue weighted by Crippen LogP contribution is -2.46. The zero-order chi connectivity index (χ0) is 18.8. The number of rotatable bonds is 3. The summed E-state index contributed by atoms with van der Waals surface area (Å²) < 4.78 is 6.05. The van der Waals surface area contributed by atoms with Gasteiger partial charge in [0.2, 0.25) is 0 Å². The summed E-state index contributed by atoms with van der Waals surface area (Å²) in [7, 11) is 0. The van der Waals surface area contributed by atoms with Crippen LogP contribution in [0.3, 0.4) is 0 Å². The van der Waals surface area contributed by atoms with Crippen molar-refractivity contribution >= 4 is 17.6 Å². The summed E-state index contributed by atoms with van der Waals surface area (Å²) in [6, 6.07) is 17.1. The Morgan fingerprint density at radius 3 is 2.67 bits per heavy atom. The number of morpholine rings is 1. The average molecular weight is 365 g/mol. The molecule has 2 atom stereocenters. The maximum Gasteiger partial charge on any atom is 0.321 e. The third kappa shape index (κ3) is 3.66. The van der Waals surface area contributed by atoms with E-state index < -0.39 is 0 Å². The fourth-order valence-electron chi connectivity index (χ4n) is 3.68. The van der Waals surface area contributed by atoms with E-state index in [2.05, 4.69) is 5.32 Å². The van der Waals surface area contributed by atoms with Gasteiger partial charge in [-0.05, 0) is 30.7 Å². The first kappa shape index (κ1) is 17.5. The van der Waals surface area contributed by atoms with Gasteiger partial charge >= 0.3 is 6.03 Å². The van der Waals surface area contributed by atoms with Gasteiger partial charge in [-0.2, -0.15) is 0 Å². The first-order valence-corrected chi connectivity index (χ1v) is 9.27. The molecule has 0 aliphatic carbocycles. The Bertz CT molecular complexity index is 840. The SMILES string of the molecule is C[C@H]1CN(C(=O)c2cccc(N3CCNC3=O)c2)C[C@H](c2ccccc2)O1. The van der Waals surface area contributed by atoms with E-state index in [9.17, 15) is 9.59 Å². The van der Waals surface area contributed by atoms with Crippen LogP contribution in [-0.2, 0) is 4.74 Å². The zero-order valence-corrected chi connectivity index (χ0v) is 15.3. The van der Waals surface area contributed by atoms with Crippen molar-refractivity contribution in [2.24, 2.45) is 0 Å². The predicted molar refractivity (Wildman–Crippen MR) is 103 cm³/mol. The molecule has 0 unspecified atom stereocenters. The monoisotopic (exact) mass is 365 g/mol. The quantitative estimate of drug-likeness (QED) is 0.910. The van der Waals surface area contributed by atoms with Crippen LogP contribution in [0.15, 0.2) is 54.6 Å². The molecule has 0 saturated carbocycles. The summed E-state index contributed by atoms with van der Waals surface area (Å²) in [6.07, 6.45) is -0.174. The lowest BCUT2D eigenvalue weighted by molar-refractivity contribution is -0.0691. The van der Waals surface area contributed by atoms with Crippen LogP contribution in [-0.4, -0.2) is 49.1 Å². The Kier molecular flexibility index (Phi) is 4.81. The van der Waals surface area contributed by atoms with Crippen LogP contribution in [0.1, 0.15) is 28.9 Å². The zero-order valence-electron chi connectivity index (χ0n) is 15.3. The smallest absolute Gasteiger partial charge is 0.321 e. The molecule has 2 aromatic carbocycles. The van der Waals surface area contributed by atoms with E-state index >= 15 is 0 Å². The Labute approximate surface area is 158 Å². The minimum atomic E-state index is -0.133. The van der Waals surface area contributed by atoms with E-state index in [1.165, 1.54) is 0 Å². The molecule has 6 nitrogen and oxygen atoms in total. The van der Waals surface area contributed by atoms with Crippen molar-refractivity contribution in [1.29, 1.82) is 0 Å². The largest absolute Gasteiger partial charge is 0.367 e. The molecule has 0 radical (unpaired) electrons. The van der Waals surface area contributed by atoms with E-state index in [0.717, 1.165) is 11.3 Å². The minimum absolute atomic E-state index is 0.0347. The van der Waals surface area contributed by atoms with Crippen LogP contribution in [0.5, 0.6) is 0 Å². The molecule has 27 heavy (non-hydrogen) atoms. The highest BCUT2D eigenvalue weighted by molar-refractivity contribution is 5.98. The fourth-order valence-corrected chi connectivity index (χ4v) is 3.68. The van der Waals surface area contributed by atoms with Gasteiger partial charge < -0.3 is 15.0 Å². The highest BCUT2D eigenvalue weighted by Crippen LogP contribution is 2.27. The molecule has 2 aliphatic rings. The predicted octanol–water partition coefficient (Wildman–Crippen LogP) is 2.82. The molecule has 6 heteroatoms. The van der Waals surface area contributed by atoms with E-state index in [1.807, 2.05) is 54.3 Å². The summed E-state index contributed by atoms with van der Waals surface area (Å²) in [5.74, 6) is -0.0347. The Morgan fingerprint density at radius 1 is 1.11 bits per heavy atom. The van der Waals surface area contributed by atoms with Crippen LogP contribution in [0.4, 0.5) is 10.5 Å². The number of hydrogen-bond donors (Lipinski definition) is 1. The molecule has 0 bridgehead atoms. The topological polar surface area (TPSA) is 61.9 Å². The van der Waals surface area contributed by atoms with Crippen LogP contribution < -0.4 is 10.2 Å². The van der Waals surface area contributed by atoms with Gasteiger partial charge in [0.1, 0.15) is 6.10 Å². The van der Waals surface area contributed by atoms with Crippen LogP contribution in [0.2, 0.25) is 0 Å². The van der Waals surface area contributed by atoms with Crippen LogP contribution >= 0.6 is 0 Å². The van der Waals surface area contributed by atoms with Gasteiger partial charge in [0, 0.05) is 30.9 Å². The number of carbonyl (C=O) groups excluding carboxylic acids is 2. The molecule has 2 saturated heterocycles. The fraction of sp³-hybridized carbons (Fsp3) is 0.333. The molecule has 3 amide bonds. The lowest BCUT2D eigenvalue weighted by Gasteiger charge is -2.37. The van der Waals surface area contributed by atoms with Crippen molar-refractivity contribution in [2.45, 2.75) is 19.1 Å². The van der Waals surface area contributed by atoms with E-state index in [4.69, 9.17) is 4.74 Å². The number of nitrogens with zero attached hydrogens (tertiary/aromatic N) is 2. The Hall–Kier alpha value is -2.86. The number of nitrogens with one attached hydrogen (secondary N) is 1. The number of ether oxygens (including phenoxy) is 1. The summed E-state index contributed by atoms with van der Waals surface area (Å²) in [4.78, 5) is 28.5. The van der Waals surface area contributed by atoms with Gasteiger partial charge in [-0.25, -0.2) is 4.79 Å². The van der Waals surface area contributed by atoms with Crippen LogP contribution in [0.25, 0.3) is 0 Å². The first-order chi connectivity index (χ1) is 13.1. The van der Waals surface area contributed by atoms with E-state index in [-0.39, 0.29) is 24.1 Å². The second kappa shape index (κ2) is 7.40. The maximum absolute atomic E-state index is 13.1. The van der Waals surface area contributed by atoms with Crippen LogP contribution in [0, 0.1) is 0 Å². The molecule has 2 aromatic rings. The van der Waals surface area contributed by atoms with Gasteiger partial charge in [-0.15, -0.1) is 0 Å². The third-order valence-electron chi connectivity index (χ3n) is 4.98. The molecule has 0 aromatic heterocycles. The van der Waals surface area contributed by atoms with Crippen molar-refractivity contribution < 1.29 is 14.3 Å². The summed E-state index contributed by atoms with van der Waals surface area (Å²) in [5, 5.41) is 2.79. The molecule has 0 spiro atoms. The minimum Gasteiger partial charge on any atom is -0.367 e. The number of carbonyl (C=O) groups is 2. The second-order valence-corrected chi connectivity index (χ2v) is 6.99. The number of hydrogen-bond acceptors (Lipinski definition) is 3. The van der Waals surface area contributed by atoms with Gasteiger partial charge in [-0.3, -0.25) is 9.69 Å². The number of anilines is 1. The van der Waals surface area contributed by atoms with Gasteiger partial charge in [-0.1, -0.05) is 36.4 Å². The Morgan fingerprint density at radius 2 is 1.93 bits per heavy atom. The van der Waals surface area contributed by atoms with E-state index in [0.29, 0.717) is 31.7 Å². The second-order valence-electron chi connectivity index (χ2n) is 6.99. The molecule has 2 aliphatic heterocycles. The molecule has 2 fully saturated rings. The lowest BCUT2D eigenvalue weighted by atomic mass is 10.1. The highest BCUT2D eigenvalue weighted by atomic mass is 16.5. The third-order valence-corrected chi connectivity index (χ3v) is 4.98. The molecular weight excluding hydrogens is 342 g/mol. The van der Waals surface area contributed by atoms with E-state index in [1.54, 1.807) is 17.0 Å². The molecule has 1 N–H and O–H groups in total. The summed E-state index contributed by atoms with van der Waals surface area (Å²) in [6.45, 7) is 4.29. The summed E-state index contributed by atoms with van der Waals surface area (Å²) in [5.41, 5.74) is 2.41. The maximum atomic E-state index is 13.1. The van der Waals surface area contributed by atoms with Crippen molar-refractivity contribution in [3.05, 3.63) is 65.7 Å². The average Bonchev–Trinajstić information content (AvgIpc) is 3.13. The summed E-state index contributed by atoms with van der Waals surface area (Å²) >= 11 is 0. The highest BCUT2D eigenvalue weighted by Gasteiger charge is 2.30. The number of benzene rings is 2. The Balaban J connectivity index is 1.54. The van der Waals surface area contributed by atoms with Gasteiger partial charge in [0.15, 0.2) is 0 Å². The normalized spacial score (nSPS) is 22.6. The molecule has 2 heterocycles. The number of amides is 3. The van der Waals surface area contributed by atoms with Gasteiger partial charge in [0.05, 0.1) is 12.6 Å². The first-order valence-electron chi connectivity index (χ1n) is 9.27. The molecular formula is C21H23N3O3. The number of urea groups is 1. The molecule has 4 rings (SSSR count). The standard InChI is InChI=1S/C21H23N3O3/c1-15-13-23(14-19(27-15)16-6-3-2-4-7-16)20(25)17-8-5-9-18(12-17)24-11-10-22-21(24)26/h2-9,12,15,19H,10-11,13-14H2,1H3,(H,22,26)/t15-,19+/m0/s1. The van der Waals surface area contributed by atoms with Crippen molar-refractivity contribution in [3.63, 3.8) is 0 Å². The van der Waals surface area contributed by atoms with Crippen molar-refractivity contribution in [1.82, 2.24) is 10.2 Å².